The maximum Gasteiger partial charge on any atom is 0.252 e. The minimum Gasteiger partial charge on any atom is -0.396 e. The molecule has 0 aliphatic rings. The second-order valence-corrected chi connectivity index (χ2v) is 5.54. The molecule has 1 heterocycles. The van der Waals surface area contributed by atoms with Crippen LogP contribution in [0.3, 0.4) is 0 Å². The standard InChI is InChI=1S/C16H19NO2S/c1-12-10-20-11-15(12)16(19)17-9-14(7-8-18)13-5-3-2-4-6-13/h2-6,10-11,14,18H,7-9H2,1H3,(H,17,19). The van der Waals surface area contributed by atoms with Crippen LogP contribution in [0.25, 0.3) is 0 Å². The summed E-state index contributed by atoms with van der Waals surface area (Å²) in [6.07, 6.45) is 0.646. The molecule has 1 atom stereocenters. The van der Waals surface area contributed by atoms with E-state index < -0.39 is 0 Å². The zero-order chi connectivity index (χ0) is 14.4. The number of carbonyl (C=O) groups is 1. The number of thiophene rings is 1. The zero-order valence-electron chi connectivity index (χ0n) is 11.5. The highest BCUT2D eigenvalue weighted by Crippen LogP contribution is 2.19. The lowest BCUT2D eigenvalue weighted by atomic mass is 9.96. The van der Waals surface area contributed by atoms with Crippen molar-refractivity contribution < 1.29 is 9.90 Å². The van der Waals surface area contributed by atoms with Gasteiger partial charge in [-0.25, -0.2) is 0 Å². The molecule has 4 heteroatoms. The molecular formula is C16H19NO2S. The molecule has 0 saturated heterocycles. The highest BCUT2D eigenvalue weighted by Gasteiger charge is 2.14. The summed E-state index contributed by atoms with van der Waals surface area (Å²) in [6, 6.07) is 9.98. The highest BCUT2D eigenvalue weighted by atomic mass is 32.1. The summed E-state index contributed by atoms with van der Waals surface area (Å²) >= 11 is 1.53. The maximum absolute atomic E-state index is 12.1. The van der Waals surface area contributed by atoms with Crippen molar-refractivity contribution in [2.75, 3.05) is 13.2 Å². The molecule has 0 radical (unpaired) electrons. The number of hydrogen-bond acceptors (Lipinski definition) is 3. The van der Waals surface area contributed by atoms with Crippen LogP contribution < -0.4 is 5.32 Å². The lowest BCUT2D eigenvalue weighted by molar-refractivity contribution is 0.0949. The Kier molecular flexibility index (Phi) is 5.32. The molecule has 0 aliphatic carbocycles. The van der Waals surface area contributed by atoms with E-state index in [9.17, 15) is 9.90 Å². The number of amides is 1. The molecule has 1 aromatic heterocycles. The van der Waals surface area contributed by atoms with Crippen LogP contribution in [0.15, 0.2) is 41.1 Å². The molecule has 106 valence electrons. The number of carbonyl (C=O) groups excluding carboxylic acids is 1. The van der Waals surface area contributed by atoms with Crippen LogP contribution in [-0.2, 0) is 0 Å². The number of aliphatic hydroxyl groups is 1. The van der Waals surface area contributed by atoms with Crippen LogP contribution in [0.2, 0.25) is 0 Å². The van der Waals surface area contributed by atoms with Gasteiger partial charge in [0.05, 0.1) is 5.56 Å². The molecule has 0 bridgehead atoms. The summed E-state index contributed by atoms with van der Waals surface area (Å²) in [5.74, 6) is 0.103. The van der Waals surface area contributed by atoms with E-state index >= 15 is 0 Å². The molecule has 1 aromatic carbocycles. The van der Waals surface area contributed by atoms with E-state index in [1.165, 1.54) is 11.3 Å². The van der Waals surface area contributed by atoms with Gasteiger partial charge in [-0.1, -0.05) is 30.3 Å². The molecular weight excluding hydrogens is 270 g/mol. The van der Waals surface area contributed by atoms with Gasteiger partial charge in [-0.15, -0.1) is 0 Å². The van der Waals surface area contributed by atoms with Gasteiger partial charge in [0.1, 0.15) is 0 Å². The summed E-state index contributed by atoms with van der Waals surface area (Å²) in [5, 5.41) is 16.0. The number of aliphatic hydroxyl groups excluding tert-OH is 1. The summed E-state index contributed by atoms with van der Waals surface area (Å²) in [4.78, 5) is 12.1. The Labute approximate surface area is 123 Å². The van der Waals surface area contributed by atoms with Gasteiger partial charge in [0.25, 0.3) is 5.91 Å². The van der Waals surface area contributed by atoms with Crippen molar-refractivity contribution >= 4 is 17.2 Å². The molecule has 1 amide bonds. The predicted octanol–water partition coefficient (Wildman–Crippen LogP) is 2.95. The fourth-order valence-electron chi connectivity index (χ4n) is 2.17. The van der Waals surface area contributed by atoms with Crippen LogP contribution in [0.5, 0.6) is 0 Å². The van der Waals surface area contributed by atoms with Crippen LogP contribution in [-0.4, -0.2) is 24.2 Å². The smallest absolute Gasteiger partial charge is 0.252 e. The van der Waals surface area contributed by atoms with Crippen LogP contribution in [0.4, 0.5) is 0 Å². The molecule has 0 saturated carbocycles. The van der Waals surface area contributed by atoms with Gasteiger partial charge in [0.2, 0.25) is 0 Å². The van der Waals surface area contributed by atoms with Gasteiger partial charge < -0.3 is 10.4 Å². The second kappa shape index (κ2) is 7.22. The van der Waals surface area contributed by atoms with Crippen molar-refractivity contribution in [3.8, 4) is 0 Å². The molecule has 2 N–H and O–H groups in total. The first-order valence-corrected chi connectivity index (χ1v) is 7.63. The van der Waals surface area contributed by atoms with E-state index in [1.807, 2.05) is 48.0 Å². The van der Waals surface area contributed by atoms with E-state index in [0.29, 0.717) is 13.0 Å². The monoisotopic (exact) mass is 289 g/mol. The van der Waals surface area contributed by atoms with Crippen molar-refractivity contribution in [2.45, 2.75) is 19.3 Å². The van der Waals surface area contributed by atoms with E-state index in [1.54, 1.807) is 0 Å². The van der Waals surface area contributed by atoms with E-state index in [4.69, 9.17) is 0 Å². The number of rotatable bonds is 6. The van der Waals surface area contributed by atoms with Gasteiger partial charge >= 0.3 is 0 Å². The SMILES string of the molecule is Cc1cscc1C(=O)NCC(CCO)c1ccccc1. The lowest BCUT2D eigenvalue weighted by Gasteiger charge is -2.17. The summed E-state index contributed by atoms with van der Waals surface area (Å²) in [5.41, 5.74) is 2.89. The van der Waals surface area contributed by atoms with Crippen LogP contribution >= 0.6 is 11.3 Å². The fourth-order valence-corrected chi connectivity index (χ4v) is 3.00. The van der Waals surface area contributed by atoms with Crippen molar-refractivity contribution in [1.29, 1.82) is 0 Å². The fraction of sp³-hybridized carbons (Fsp3) is 0.312. The Balaban J connectivity index is 1.99. The van der Waals surface area contributed by atoms with Crippen LogP contribution in [0.1, 0.15) is 33.8 Å². The minimum atomic E-state index is -0.0392. The quantitative estimate of drug-likeness (QED) is 0.859. The summed E-state index contributed by atoms with van der Waals surface area (Å²) in [7, 11) is 0. The second-order valence-electron chi connectivity index (χ2n) is 4.80. The first-order valence-electron chi connectivity index (χ1n) is 6.69. The van der Waals surface area contributed by atoms with Crippen molar-refractivity contribution in [1.82, 2.24) is 5.32 Å². The average Bonchev–Trinajstić information content (AvgIpc) is 2.90. The predicted molar refractivity (Wildman–Crippen MR) is 82.3 cm³/mol. The Morgan fingerprint density at radius 1 is 1.30 bits per heavy atom. The Bertz CT molecular complexity index is 551. The van der Waals surface area contributed by atoms with Gasteiger partial charge in [-0.2, -0.15) is 11.3 Å². The Morgan fingerprint density at radius 3 is 2.65 bits per heavy atom. The minimum absolute atomic E-state index is 0.0392. The van der Waals surface area contributed by atoms with Gasteiger partial charge in [0, 0.05) is 24.4 Å². The molecule has 20 heavy (non-hydrogen) atoms. The number of nitrogens with one attached hydrogen (secondary N) is 1. The van der Waals surface area contributed by atoms with E-state index in [0.717, 1.165) is 16.7 Å². The van der Waals surface area contributed by atoms with E-state index in [2.05, 4.69) is 5.32 Å². The molecule has 1 unspecified atom stereocenters. The number of hydrogen-bond donors (Lipinski definition) is 2. The van der Waals surface area contributed by atoms with Crippen molar-refractivity contribution in [2.24, 2.45) is 0 Å². The summed E-state index contributed by atoms with van der Waals surface area (Å²) < 4.78 is 0. The topological polar surface area (TPSA) is 49.3 Å². The first-order chi connectivity index (χ1) is 9.72. The third kappa shape index (κ3) is 3.68. The largest absolute Gasteiger partial charge is 0.396 e. The molecule has 0 fully saturated rings. The van der Waals surface area contributed by atoms with Gasteiger partial charge in [0.15, 0.2) is 0 Å². The third-order valence-corrected chi connectivity index (χ3v) is 4.22. The highest BCUT2D eigenvalue weighted by molar-refractivity contribution is 7.08. The third-order valence-electron chi connectivity index (χ3n) is 3.36. The van der Waals surface area contributed by atoms with Crippen LogP contribution in [0, 0.1) is 6.92 Å². The average molecular weight is 289 g/mol. The van der Waals surface area contributed by atoms with Gasteiger partial charge in [-0.3, -0.25) is 4.79 Å². The summed E-state index contributed by atoms with van der Waals surface area (Å²) in [6.45, 7) is 2.60. The normalized spacial score (nSPS) is 12.1. The molecule has 2 rings (SSSR count). The molecule has 0 aliphatic heterocycles. The number of aryl methyl sites for hydroxylation is 1. The Hall–Kier alpha value is -1.65. The van der Waals surface area contributed by atoms with Crippen molar-refractivity contribution in [3.05, 3.63) is 57.8 Å². The van der Waals surface area contributed by atoms with Gasteiger partial charge in [-0.05, 0) is 29.9 Å². The molecule has 2 aromatic rings. The van der Waals surface area contributed by atoms with Crippen molar-refractivity contribution in [3.63, 3.8) is 0 Å². The number of benzene rings is 1. The molecule has 0 spiro atoms. The first kappa shape index (κ1) is 14.8. The lowest BCUT2D eigenvalue weighted by Crippen LogP contribution is -2.29. The molecule has 3 nitrogen and oxygen atoms in total. The maximum atomic E-state index is 12.1. The zero-order valence-corrected chi connectivity index (χ0v) is 12.3. The Morgan fingerprint density at radius 2 is 2.05 bits per heavy atom. The van der Waals surface area contributed by atoms with E-state index in [-0.39, 0.29) is 18.4 Å².